The summed E-state index contributed by atoms with van der Waals surface area (Å²) >= 11 is 0. The quantitative estimate of drug-likeness (QED) is 0.307. The molecule has 7 heteroatoms. The number of hydrogen-bond acceptors (Lipinski definition) is 7. The van der Waals surface area contributed by atoms with Crippen molar-refractivity contribution in [2.45, 2.75) is 49.7 Å². The number of aliphatic hydroxyl groups is 6. The van der Waals surface area contributed by atoms with Crippen LogP contribution in [-0.4, -0.2) is 73.6 Å². The van der Waals surface area contributed by atoms with E-state index in [1.165, 1.54) is 0 Å². The van der Waals surface area contributed by atoms with Crippen LogP contribution in [0.3, 0.4) is 0 Å². The smallest absolute Gasteiger partial charge is 0.192 e. The highest BCUT2D eigenvalue weighted by Gasteiger charge is 2.47. The molecule has 6 atom stereocenters. The molecule has 0 aromatic heterocycles. The molecule has 1 saturated heterocycles. The van der Waals surface area contributed by atoms with Gasteiger partial charge in [0.15, 0.2) is 5.79 Å². The van der Waals surface area contributed by atoms with Crippen LogP contribution in [0.4, 0.5) is 0 Å². The number of hydrogen-bond donors (Lipinski definition) is 6. The van der Waals surface area contributed by atoms with Crippen molar-refractivity contribution in [3.8, 4) is 0 Å². The summed E-state index contributed by atoms with van der Waals surface area (Å²) in [5.41, 5.74) is 0. The Morgan fingerprint density at radius 2 is 1.94 bits per heavy atom. The zero-order chi connectivity index (χ0) is 12.5. The lowest BCUT2D eigenvalue weighted by molar-refractivity contribution is -0.328. The van der Waals surface area contributed by atoms with Crippen molar-refractivity contribution in [2.75, 3.05) is 6.61 Å². The maximum absolute atomic E-state index is 9.60. The summed E-state index contributed by atoms with van der Waals surface area (Å²) in [5.74, 6) is -2.00. The Hall–Kier alpha value is -0.280. The fraction of sp³-hybridized carbons (Fsp3) is 1.00. The van der Waals surface area contributed by atoms with Gasteiger partial charge >= 0.3 is 0 Å². The topological polar surface area (TPSA) is 131 Å². The summed E-state index contributed by atoms with van der Waals surface area (Å²) in [6.45, 7) is 0.479. The molecule has 0 unspecified atom stereocenters. The SMILES string of the molecule is C[C@]1(O)O[C@@H]([C@H](O)[C@@H](O)CO)C[C@H](O)[C@H]1O. The van der Waals surface area contributed by atoms with E-state index in [4.69, 9.17) is 9.84 Å². The average Bonchev–Trinajstić information content (AvgIpc) is 2.22. The fourth-order valence-electron chi connectivity index (χ4n) is 1.71. The van der Waals surface area contributed by atoms with E-state index in [0.717, 1.165) is 6.92 Å². The van der Waals surface area contributed by atoms with Crippen molar-refractivity contribution >= 4 is 0 Å². The predicted molar refractivity (Wildman–Crippen MR) is 51.2 cm³/mol. The fourth-order valence-corrected chi connectivity index (χ4v) is 1.71. The third-order valence-electron chi connectivity index (χ3n) is 2.74. The molecule has 1 fully saturated rings. The molecule has 0 aliphatic carbocycles. The first-order valence-corrected chi connectivity index (χ1v) is 5.03. The summed E-state index contributed by atoms with van der Waals surface area (Å²) in [6.07, 6.45) is -6.83. The minimum absolute atomic E-state index is 0.143. The maximum Gasteiger partial charge on any atom is 0.192 e. The molecular weight excluding hydrogens is 220 g/mol. The molecule has 96 valence electrons. The summed E-state index contributed by atoms with van der Waals surface area (Å²) in [6, 6.07) is 0. The summed E-state index contributed by atoms with van der Waals surface area (Å²) in [4.78, 5) is 0. The van der Waals surface area contributed by atoms with Gasteiger partial charge in [-0.3, -0.25) is 0 Å². The molecule has 0 amide bonds. The molecule has 0 aromatic carbocycles. The molecule has 1 heterocycles. The van der Waals surface area contributed by atoms with Crippen molar-refractivity contribution < 1.29 is 35.4 Å². The van der Waals surface area contributed by atoms with Crippen LogP contribution >= 0.6 is 0 Å². The molecule has 0 radical (unpaired) electrons. The van der Waals surface area contributed by atoms with Gasteiger partial charge in [0.05, 0.1) is 18.8 Å². The highest BCUT2D eigenvalue weighted by Crippen LogP contribution is 2.29. The van der Waals surface area contributed by atoms with Gasteiger partial charge in [-0.2, -0.15) is 0 Å². The standard InChI is InChI=1S/C9H18O7/c1-9(15)8(14)4(11)2-6(16-9)7(13)5(12)3-10/h4-8,10-15H,2-3H2,1H3/t4-,5-,6+,7+,8+,9-/m0/s1. The highest BCUT2D eigenvalue weighted by atomic mass is 16.7. The van der Waals surface area contributed by atoms with Crippen LogP contribution in [0.15, 0.2) is 0 Å². The van der Waals surface area contributed by atoms with Crippen molar-refractivity contribution in [2.24, 2.45) is 0 Å². The lowest BCUT2D eigenvalue weighted by Crippen LogP contribution is -2.60. The van der Waals surface area contributed by atoms with Crippen LogP contribution in [0.25, 0.3) is 0 Å². The first kappa shape index (κ1) is 13.8. The van der Waals surface area contributed by atoms with Gasteiger partial charge in [0.2, 0.25) is 0 Å². The number of ether oxygens (including phenoxy) is 1. The predicted octanol–water partition coefficient (Wildman–Crippen LogP) is -3.08. The molecule has 0 spiro atoms. The lowest BCUT2D eigenvalue weighted by Gasteiger charge is -2.43. The Balaban J connectivity index is 2.71. The van der Waals surface area contributed by atoms with Crippen LogP contribution in [0.2, 0.25) is 0 Å². The van der Waals surface area contributed by atoms with E-state index < -0.39 is 42.9 Å². The van der Waals surface area contributed by atoms with E-state index in [9.17, 15) is 25.5 Å². The molecule has 0 bridgehead atoms. The average molecular weight is 238 g/mol. The van der Waals surface area contributed by atoms with Crippen molar-refractivity contribution in [1.82, 2.24) is 0 Å². The van der Waals surface area contributed by atoms with Gasteiger partial charge in [-0.15, -0.1) is 0 Å². The molecule has 7 nitrogen and oxygen atoms in total. The Morgan fingerprint density at radius 3 is 2.38 bits per heavy atom. The lowest BCUT2D eigenvalue weighted by atomic mass is 9.92. The molecule has 0 saturated carbocycles. The Morgan fingerprint density at radius 1 is 1.38 bits per heavy atom. The summed E-state index contributed by atoms with van der Waals surface area (Å²) in [5, 5.41) is 55.8. The Bertz CT molecular complexity index is 232. The summed E-state index contributed by atoms with van der Waals surface area (Å²) in [7, 11) is 0. The minimum atomic E-state index is -2.00. The molecule has 1 rings (SSSR count). The van der Waals surface area contributed by atoms with Gasteiger partial charge in [0.25, 0.3) is 0 Å². The molecule has 0 aromatic rings. The van der Waals surface area contributed by atoms with E-state index in [1.807, 2.05) is 0 Å². The number of rotatable bonds is 3. The van der Waals surface area contributed by atoms with Gasteiger partial charge in [-0.05, 0) is 6.92 Å². The van der Waals surface area contributed by atoms with E-state index >= 15 is 0 Å². The zero-order valence-corrected chi connectivity index (χ0v) is 8.89. The van der Waals surface area contributed by atoms with Crippen molar-refractivity contribution in [3.05, 3.63) is 0 Å². The second-order valence-electron chi connectivity index (χ2n) is 4.20. The largest absolute Gasteiger partial charge is 0.394 e. The third kappa shape index (κ3) is 2.69. The monoisotopic (exact) mass is 238 g/mol. The maximum atomic E-state index is 9.60. The highest BCUT2D eigenvalue weighted by molar-refractivity contribution is 4.91. The molecule has 1 aliphatic rings. The molecular formula is C9H18O7. The first-order chi connectivity index (χ1) is 7.29. The van der Waals surface area contributed by atoms with E-state index in [0.29, 0.717) is 0 Å². The van der Waals surface area contributed by atoms with Crippen LogP contribution in [0.1, 0.15) is 13.3 Å². The second kappa shape index (κ2) is 4.92. The van der Waals surface area contributed by atoms with Crippen molar-refractivity contribution in [3.63, 3.8) is 0 Å². The molecule has 16 heavy (non-hydrogen) atoms. The van der Waals surface area contributed by atoms with Gasteiger partial charge in [0, 0.05) is 6.42 Å². The van der Waals surface area contributed by atoms with Gasteiger partial charge in [-0.25, -0.2) is 0 Å². The Kier molecular flexibility index (Phi) is 4.24. The second-order valence-corrected chi connectivity index (χ2v) is 4.20. The normalized spacial score (nSPS) is 44.1. The Labute approximate surface area is 92.5 Å². The first-order valence-electron chi connectivity index (χ1n) is 5.03. The van der Waals surface area contributed by atoms with Crippen LogP contribution in [0, 0.1) is 0 Å². The number of aliphatic hydroxyl groups excluding tert-OH is 5. The third-order valence-corrected chi connectivity index (χ3v) is 2.74. The van der Waals surface area contributed by atoms with E-state index in [-0.39, 0.29) is 6.42 Å². The van der Waals surface area contributed by atoms with Gasteiger partial charge in [0.1, 0.15) is 18.3 Å². The van der Waals surface area contributed by atoms with Crippen LogP contribution in [0.5, 0.6) is 0 Å². The zero-order valence-electron chi connectivity index (χ0n) is 8.89. The van der Waals surface area contributed by atoms with E-state index in [2.05, 4.69) is 0 Å². The van der Waals surface area contributed by atoms with E-state index in [1.54, 1.807) is 0 Å². The summed E-state index contributed by atoms with van der Waals surface area (Å²) < 4.78 is 4.97. The van der Waals surface area contributed by atoms with Crippen LogP contribution in [-0.2, 0) is 4.74 Å². The van der Waals surface area contributed by atoms with Crippen molar-refractivity contribution in [1.29, 1.82) is 0 Å². The molecule has 1 aliphatic heterocycles. The molecule has 6 N–H and O–H groups in total. The van der Waals surface area contributed by atoms with Gasteiger partial charge in [-0.1, -0.05) is 0 Å². The van der Waals surface area contributed by atoms with Crippen LogP contribution < -0.4 is 0 Å². The van der Waals surface area contributed by atoms with Gasteiger partial charge < -0.3 is 35.4 Å². The minimum Gasteiger partial charge on any atom is -0.394 e.